The monoisotopic (exact) mass is 400 g/mol. The van der Waals surface area contributed by atoms with Gasteiger partial charge < -0.3 is 19.8 Å². The van der Waals surface area contributed by atoms with Gasteiger partial charge in [-0.3, -0.25) is 0 Å². The van der Waals surface area contributed by atoms with Gasteiger partial charge in [0.05, 0.1) is 44.7 Å². The van der Waals surface area contributed by atoms with Gasteiger partial charge in [-0.25, -0.2) is 0 Å². The summed E-state index contributed by atoms with van der Waals surface area (Å²) in [6.45, 7) is -0.733. The van der Waals surface area contributed by atoms with Crippen LogP contribution in [0.15, 0.2) is 54.6 Å². The molecule has 3 aliphatic heterocycles. The maximum absolute atomic E-state index is 12.4. The summed E-state index contributed by atoms with van der Waals surface area (Å²) in [5, 5.41) is 2.24. The van der Waals surface area contributed by atoms with Gasteiger partial charge in [-0.1, -0.05) is 18.2 Å². The van der Waals surface area contributed by atoms with E-state index in [-0.39, 0.29) is 11.8 Å². The van der Waals surface area contributed by atoms with Gasteiger partial charge >= 0.3 is 6.61 Å². The van der Waals surface area contributed by atoms with Crippen LogP contribution in [0.4, 0.5) is 8.78 Å². The van der Waals surface area contributed by atoms with Crippen molar-refractivity contribution in [3.8, 4) is 11.5 Å². The van der Waals surface area contributed by atoms with Gasteiger partial charge in [0.25, 0.3) is 0 Å². The van der Waals surface area contributed by atoms with Crippen molar-refractivity contribution in [1.29, 1.82) is 0 Å². The molecule has 5 rings (SSSR count). The molecule has 0 radical (unpaired) electrons. The van der Waals surface area contributed by atoms with E-state index in [1.54, 1.807) is 24.3 Å². The third-order valence-corrected chi connectivity index (χ3v) is 6.10. The normalized spacial score (nSPS) is 28.3. The molecule has 1 atom stereocenters. The number of fused-ring (bicyclic) bond motifs is 4. The Hall–Kier alpha value is -2.64. The lowest BCUT2D eigenvalue weighted by atomic mass is 9.93. The van der Waals surface area contributed by atoms with Gasteiger partial charge in [-0.2, -0.15) is 13.8 Å². The van der Waals surface area contributed by atoms with Gasteiger partial charge in [0, 0.05) is 5.56 Å². The zero-order chi connectivity index (χ0) is 20.0. The van der Waals surface area contributed by atoms with E-state index in [1.807, 2.05) is 18.2 Å². The second-order valence-electron chi connectivity index (χ2n) is 7.95. The average molecular weight is 400 g/mol. The summed E-state index contributed by atoms with van der Waals surface area (Å²) in [7, 11) is 2.21. The molecule has 152 valence electrons. The van der Waals surface area contributed by atoms with Crippen LogP contribution in [-0.4, -0.2) is 37.5 Å². The zero-order valence-corrected chi connectivity index (χ0v) is 16.2. The van der Waals surface area contributed by atoms with Gasteiger partial charge in [-0.15, -0.1) is 0 Å². The molecule has 0 bridgehead atoms. The SMILES string of the molecule is C[NH+]1CCC2(CC1)Oc1ccccc1[C@H]1C=C(c3ccc(OC(F)F)cc3)NN12. The Bertz CT molecular complexity index is 924. The molecule has 1 saturated heterocycles. The number of hydrazine groups is 1. The fourth-order valence-electron chi connectivity index (χ4n) is 4.51. The van der Waals surface area contributed by atoms with E-state index in [9.17, 15) is 8.78 Å². The smallest absolute Gasteiger partial charge is 0.387 e. The molecule has 3 heterocycles. The van der Waals surface area contributed by atoms with Crippen LogP contribution in [0.25, 0.3) is 5.70 Å². The van der Waals surface area contributed by atoms with E-state index in [0.717, 1.165) is 48.5 Å². The number of halogens is 2. The van der Waals surface area contributed by atoms with Crippen LogP contribution in [0.5, 0.6) is 11.5 Å². The Labute approximate surface area is 168 Å². The van der Waals surface area contributed by atoms with Crippen LogP contribution in [0, 0.1) is 0 Å². The number of hydrogen-bond acceptors (Lipinski definition) is 4. The highest BCUT2D eigenvalue weighted by atomic mass is 19.3. The number of nitrogens with zero attached hydrogens (tertiary/aromatic N) is 1. The summed E-state index contributed by atoms with van der Waals surface area (Å²) in [6.07, 6.45) is 4.05. The summed E-state index contributed by atoms with van der Waals surface area (Å²) < 4.78 is 35.9. The van der Waals surface area contributed by atoms with Crippen molar-refractivity contribution in [2.75, 3.05) is 20.1 Å². The highest BCUT2D eigenvalue weighted by molar-refractivity contribution is 5.68. The third kappa shape index (κ3) is 3.24. The predicted molar refractivity (Wildman–Crippen MR) is 104 cm³/mol. The molecule has 1 fully saturated rings. The molecule has 5 nitrogen and oxygen atoms in total. The van der Waals surface area contributed by atoms with E-state index >= 15 is 0 Å². The number of hydrogen-bond donors (Lipinski definition) is 2. The van der Waals surface area contributed by atoms with E-state index < -0.39 is 12.3 Å². The number of para-hydroxylation sites is 1. The predicted octanol–water partition coefficient (Wildman–Crippen LogP) is 2.59. The van der Waals surface area contributed by atoms with Crippen LogP contribution in [0.3, 0.4) is 0 Å². The van der Waals surface area contributed by atoms with Crippen LogP contribution in [0.2, 0.25) is 0 Å². The fraction of sp³-hybridized carbons (Fsp3) is 0.364. The summed E-state index contributed by atoms with van der Waals surface area (Å²) >= 11 is 0. The standard InChI is InChI=1S/C22H23F2N3O2/c1-26-12-10-22(11-13-26)27-19(17-4-2-3-5-20(17)29-22)14-18(25-27)15-6-8-16(9-7-15)28-21(23)24/h2-9,14,19,21,25H,10-13H2,1H3/p+1/t19-/m1/s1. The first-order valence-corrected chi connectivity index (χ1v) is 9.96. The zero-order valence-electron chi connectivity index (χ0n) is 16.2. The first kappa shape index (κ1) is 18.4. The molecule has 29 heavy (non-hydrogen) atoms. The Balaban J connectivity index is 1.48. The number of benzene rings is 2. The third-order valence-electron chi connectivity index (χ3n) is 6.10. The minimum absolute atomic E-state index is 0.0605. The average Bonchev–Trinajstić information content (AvgIpc) is 3.17. The maximum atomic E-state index is 12.4. The van der Waals surface area contributed by atoms with Crippen molar-refractivity contribution >= 4 is 5.70 Å². The fourth-order valence-corrected chi connectivity index (χ4v) is 4.51. The molecule has 0 unspecified atom stereocenters. The number of alkyl halides is 2. The van der Waals surface area contributed by atoms with Gasteiger partial charge in [-0.05, 0) is 42.0 Å². The van der Waals surface area contributed by atoms with Crippen molar-refractivity contribution < 1.29 is 23.2 Å². The maximum Gasteiger partial charge on any atom is 0.387 e. The van der Waals surface area contributed by atoms with Crippen molar-refractivity contribution in [2.24, 2.45) is 0 Å². The van der Waals surface area contributed by atoms with Crippen LogP contribution < -0.4 is 19.8 Å². The summed E-state index contributed by atoms with van der Waals surface area (Å²) in [5.41, 5.74) is 6.16. The van der Waals surface area contributed by atoms with Crippen molar-refractivity contribution in [3.63, 3.8) is 0 Å². The molecule has 2 N–H and O–H groups in total. The number of piperidine rings is 1. The second kappa shape index (κ2) is 7.00. The van der Waals surface area contributed by atoms with E-state index in [4.69, 9.17) is 4.74 Å². The van der Waals surface area contributed by atoms with Crippen LogP contribution in [0.1, 0.15) is 30.0 Å². The largest absolute Gasteiger partial charge is 0.470 e. The Morgan fingerprint density at radius 2 is 1.86 bits per heavy atom. The van der Waals surface area contributed by atoms with E-state index in [0.29, 0.717) is 0 Å². The summed E-state index contributed by atoms with van der Waals surface area (Å²) in [5.74, 6) is 1.09. The lowest BCUT2D eigenvalue weighted by molar-refractivity contribution is -0.888. The van der Waals surface area contributed by atoms with E-state index in [2.05, 4.69) is 34.4 Å². The molecular weight excluding hydrogens is 376 g/mol. The molecule has 2 aromatic carbocycles. The topological polar surface area (TPSA) is 38.2 Å². The Morgan fingerprint density at radius 3 is 2.59 bits per heavy atom. The molecule has 0 aromatic heterocycles. The highest BCUT2D eigenvalue weighted by Gasteiger charge is 2.52. The van der Waals surface area contributed by atoms with Crippen LogP contribution >= 0.6 is 0 Å². The summed E-state index contributed by atoms with van der Waals surface area (Å²) in [6, 6.07) is 15.0. The second-order valence-corrected chi connectivity index (χ2v) is 7.95. The quantitative estimate of drug-likeness (QED) is 0.831. The van der Waals surface area contributed by atoms with Crippen molar-refractivity contribution in [2.45, 2.75) is 31.2 Å². The van der Waals surface area contributed by atoms with E-state index in [1.165, 1.54) is 4.90 Å². The number of likely N-dealkylation sites (tertiary alicyclic amines) is 1. The van der Waals surface area contributed by atoms with Crippen molar-refractivity contribution in [1.82, 2.24) is 10.4 Å². The lowest BCUT2D eigenvalue weighted by Gasteiger charge is -2.50. The first-order valence-electron chi connectivity index (χ1n) is 9.96. The molecule has 2 aromatic rings. The first-order chi connectivity index (χ1) is 14.0. The molecule has 0 amide bonds. The minimum atomic E-state index is -2.82. The highest BCUT2D eigenvalue weighted by Crippen LogP contribution is 2.47. The molecule has 0 saturated carbocycles. The summed E-state index contributed by atoms with van der Waals surface area (Å²) in [4.78, 5) is 1.51. The Morgan fingerprint density at radius 1 is 1.14 bits per heavy atom. The van der Waals surface area contributed by atoms with Gasteiger partial charge in [0.15, 0.2) is 5.72 Å². The number of ether oxygens (including phenoxy) is 2. The van der Waals surface area contributed by atoms with Gasteiger partial charge in [0.1, 0.15) is 11.5 Å². The minimum Gasteiger partial charge on any atom is -0.470 e. The Kier molecular flexibility index (Phi) is 4.44. The van der Waals surface area contributed by atoms with Crippen molar-refractivity contribution in [3.05, 3.63) is 65.7 Å². The molecule has 0 aliphatic carbocycles. The number of rotatable bonds is 3. The molecule has 7 heteroatoms. The lowest BCUT2D eigenvalue weighted by Crippen LogP contribution is -3.11. The molecule has 3 aliphatic rings. The molecule has 1 spiro atoms. The van der Waals surface area contributed by atoms with Gasteiger partial charge in [0.2, 0.25) is 0 Å². The number of quaternary nitrogens is 1. The molecular formula is C22H24F2N3O2+. The number of nitrogens with one attached hydrogen (secondary N) is 2. The van der Waals surface area contributed by atoms with Crippen LogP contribution in [-0.2, 0) is 0 Å².